The molecule has 7 heteroatoms. The van der Waals surface area contributed by atoms with Crippen molar-refractivity contribution >= 4 is 17.7 Å². The van der Waals surface area contributed by atoms with E-state index in [-0.39, 0.29) is 19.6 Å². The standard InChI is InChI=1S/C22H26O7/c1-5-10-28-20(24)18-16(23)13-22(3,26)19(21(25)29-11-6-2)17(18)14-8-7-9-15(12-14)27-4/h5-9,12,17-19,26H,1-2,10-11,13H2,3-4H3/t17-,18+,19-,22-/m0/s1. The topological polar surface area (TPSA) is 99.1 Å². The smallest absolute Gasteiger partial charge is 0.317 e. The molecule has 1 aromatic rings. The van der Waals surface area contributed by atoms with Crippen molar-refractivity contribution in [3.05, 3.63) is 55.1 Å². The molecular formula is C22H26O7. The van der Waals surface area contributed by atoms with Gasteiger partial charge >= 0.3 is 11.9 Å². The van der Waals surface area contributed by atoms with E-state index in [1.165, 1.54) is 26.2 Å². The minimum Gasteiger partial charge on any atom is -0.497 e. The Labute approximate surface area is 170 Å². The van der Waals surface area contributed by atoms with Gasteiger partial charge in [0.25, 0.3) is 0 Å². The highest BCUT2D eigenvalue weighted by Gasteiger charge is 2.57. The zero-order chi connectivity index (χ0) is 21.6. The number of carbonyl (C=O) groups excluding carboxylic acids is 3. The minimum absolute atomic E-state index is 0.0598. The van der Waals surface area contributed by atoms with Crippen molar-refractivity contribution in [2.45, 2.75) is 24.9 Å². The number of methoxy groups -OCH3 is 1. The first-order valence-electron chi connectivity index (χ1n) is 9.21. The third kappa shape index (κ3) is 4.92. The van der Waals surface area contributed by atoms with E-state index < -0.39 is 41.1 Å². The Balaban J connectivity index is 2.60. The molecule has 0 saturated heterocycles. The van der Waals surface area contributed by atoms with Crippen LogP contribution in [-0.4, -0.2) is 48.8 Å². The number of hydrogen-bond donors (Lipinski definition) is 1. The molecule has 0 aliphatic heterocycles. The van der Waals surface area contributed by atoms with E-state index >= 15 is 0 Å². The Morgan fingerprint density at radius 2 is 1.83 bits per heavy atom. The van der Waals surface area contributed by atoms with Crippen LogP contribution in [0.15, 0.2) is 49.6 Å². The van der Waals surface area contributed by atoms with Crippen LogP contribution in [0, 0.1) is 11.8 Å². The molecule has 0 bridgehead atoms. The summed E-state index contributed by atoms with van der Waals surface area (Å²) in [5.74, 6) is -4.97. The molecule has 1 N–H and O–H groups in total. The Hall–Kier alpha value is -2.93. The minimum atomic E-state index is -1.71. The molecule has 0 radical (unpaired) electrons. The summed E-state index contributed by atoms with van der Waals surface area (Å²) < 4.78 is 15.6. The van der Waals surface area contributed by atoms with Gasteiger partial charge in [0, 0.05) is 12.3 Å². The first-order valence-corrected chi connectivity index (χ1v) is 9.21. The number of aliphatic hydroxyl groups is 1. The molecule has 0 heterocycles. The molecule has 1 aliphatic rings. The second kappa shape index (κ2) is 9.52. The van der Waals surface area contributed by atoms with Gasteiger partial charge < -0.3 is 19.3 Å². The summed E-state index contributed by atoms with van der Waals surface area (Å²) in [6.07, 6.45) is 2.41. The average molecular weight is 402 g/mol. The lowest BCUT2D eigenvalue weighted by Crippen LogP contribution is -2.55. The highest BCUT2D eigenvalue weighted by molar-refractivity contribution is 6.02. The summed E-state index contributed by atoms with van der Waals surface area (Å²) in [6.45, 7) is 8.26. The van der Waals surface area contributed by atoms with Crippen LogP contribution in [0.25, 0.3) is 0 Å². The van der Waals surface area contributed by atoms with Crippen LogP contribution in [0.1, 0.15) is 24.8 Å². The largest absolute Gasteiger partial charge is 0.497 e. The number of ketones is 1. The van der Waals surface area contributed by atoms with Crippen LogP contribution < -0.4 is 4.74 Å². The van der Waals surface area contributed by atoms with Crippen molar-refractivity contribution in [1.82, 2.24) is 0 Å². The van der Waals surface area contributed by atoms with Crippen molar-refractivity contribution in [2.75, 3.05) is 20.3 Å². The third-order valence-corrected chi connectivity index (χ3v) is 4.94. The number of carbonyl (C=O) groups is 3. The van der Waals surface area contributed by atoms with E-state index in [2.05, 4.69) is 13.2 Å². The maximum absolute atomic E-state index is 12.9. The highest BCUT2D eigenvalue weighted by Crippen LogP contribution is 2.47. The molecule has 4 atom stereocenters. The fraction of sp³-hybridized carbons (Fsp3) is 0.409. The predicted octanol–water partition coefficient (Wildman–Crippen LogP) is 2.19. The van der Waals surface area contributed by atoms with Gasteiger partial charge in [0.15, 0.2) is 5.78 Å². The molecule has 0 spiro atoms. The maximum Gasteiger partial charge on any atom is 0.317 e. The molecule has 29 heavy (non-hydrogen) atoms. The average Bonchev–Trinajstić information content (AvgIpc) is 2.68. The van der Waals surface area contributed by atoms with Crippen LogP contribution >= 0.6 is 0 Å². The van der Waals surface area contributed by atoms with Gasteiger partial charge in [-0.25, -0.2) is 0 Å². The number of rotatable bonds is 8. The summed E-state index contributed by atoms with van der Waals surface area (Å²) >= 11 is 0. The van der Waals surface area contributed by atoms with Crippen LogP contribution in [-0.2, 0) is 23.9 Å². The van der Waals surface area contributed by atoms with Crippen molar-refractivity contribution in [1.29, 1.82) is 0 Å². The Kier molecular flexibility index (Phi) is 7.34. The Morgan fingerprint density at radius 3 is 2.41 bits per heavy atom. The van der Waals surface area contributed by atoms with Crippen molar-refractivity contribution in [2.24, 2.45) is 11.8 Å². The van der Waals surface area contributed by atoms with Gasteiger partial charge in [0.1, 0.15) is 24.9 Å². The van der Waals surface area contributed by atoms with Gasteiger partial charge in [0.05, 0.1) is 18.6 Å². The van der Waals surface area contributed by atoms with Crippen LogP contribution in [0.2, 0.25) is 0 Å². The predicted molar refractivity (Wildman–Crippen MR) is 105 cm³/mol. The normalized spacial score (nSPS) is 26.3. The van der Waals surface area contributed by atoms with Gasteiger partial charge in [-0.3, -0.25) is 14.4 Å². The van der Waals surface area contributed by atoms with E-state index in [1.54, 1.807) is 24.3 Å². The first-order chi connectivity index (χ1) is 13.8. The summed E-state index contributed by atoms with van der Waals surface area (Å²) in [5.41, 5.74) is -1.23. The molecule has 1 saturated carbocycles. The van der Waals surface area contributed by atoms with E-state index in [0.29, 0.717) is 11.3 Å². The zero-order valence-electron chi connectivity index (χ0n) is 16.6. The van der Waals surface area contributed by atoms with Crippen LogP contribution in [0.5, 0.6) is 5.75 Å². The lowest BCUT2D eigenvalue weighted by atomic mass is 9.61. The van der Waals surface area contributed by atoms with E-state index in [1.807, 2.05) is 0 Å². The summed E-state index contributed by atoms with van der Waals surface area (Å²) in [7, 11) is 1.48. The van der Waals surface area contributed by atoms with E-state index in [0.717, 1.165) is 0 Å². The Bertz CT molecular complexity index is 796. The van der Waals surface area contributed by atoms with Crippen molar-refractivity contribution in [3.63, 3.8) is 0 Å². The quantitative estimate of drug-likeness (QED) is 0.404. The zero-order valence-corrected chi connectivity index (χ0v) is 16.6. The van der Waals surface area contributed by atoms with Gasteiger partial charge in [-0.15, -0.1) is 0 Å². The third-order valence-electron chi connectivity index (χ3n) is 4.94. The second-order valence-electron chi connectivity index (χ2n) is 7.10. The number of hydrogen-bond acceptors (Lipinski definition) is 7. The molecule has 1 aliphatic carbocycles. The molecule has 7 nitrogen and oxygen atoms in total. The maximum atomic E-state index is 12.9. The van der Waals surface area contributed by atoms with E-state index in [4.69, 9.17) is 14.2 Å². The summed E-state index contributed by atoms with van der Waals surface area (Å²) in [5, 5.41) is 11.0. The number of esters is 2. The molecule has 1 fully saturated rings. The van der Waals surface area contributed by atoms with Gasteiger partial charge in [0.2, 0.25) is 0 Å². The fourth-order valence-electron chi connectivity index (χ4n) is 3.73. The monoisotopic (exact) mass is 402 g/mol. The number of Topliss-reactive ketones (excluding diaryl/α,β-unsaturated/α-hetero) is 1. The summed E-state index contributed by atoms with van der Waals surface area (Å²) in [4.78, 5) is 38.4. The first kappa shape index (κ1) is 22.4. The molecule has 2 rings (SSSR count). The molecule has 0 amide bonds. The molecule has 0 aromatic heterocycles. The highest BCUT2D eigenvalue weighted by atomic mass is 16.5. The SMILES string of the molecule is C=CCOC(=O)[C@@H]1C(=O)C[C@](C)(O)[C@H](C(=O)OCC=C)[C@H]1c1cccc(OC)c1. The van der Waals surface area contributed by atoms with E-state index in [9.17, 15) is 19.5 Å². The Morgan fingerprint density at radius 1 is 1.21 bits per heavy atom. The fourth-order valence-corrected chi connectivity index (χ4v) is 3.73. The van der Waals surface area contributed by atoms with Crippen LogP contribution in [0.3, 0.4) is 0 Å². The van der Waals surface area contributed by atoms with Crippen molar-refractivity contribution in [3.8, 4) is 5.75 Å². The summed E-state index contributed by atoms with van der Waals surface area (Å²) in [6, 6.07) is 6.67. The second-order valence-corrected chi connectivity index (χ2v) is 7.10. The van der Waals surface area contributed by atoms with Crippen LogP contribution in [0.4, 0.5) is 0 Å². The lowest BCUT2D eigenvalue weighted by molar-refractivity contribution is -0.172. The lowest BCUT2D eigenvalue weighted by Gasteiger charge is -2.43. The number of benzene rings is 1. The molecular weight excluding hydrogens is 376 g/mol. The van der Waals surface area contributed by atoms with Gasteiger partial charge in [-0.05, 0) is 24.6 Å². The molecule has 0 unspecified atom stereocenters. The van der Waals surface area contributed by atoms with Crippen molar-refractivity contribution < 1.29 is 33.7 Å². The molecule has 156 valence electrons. The van der Waals surface area contributed by atoms with Gasteiger partial charge in [-0.1, -0.05) is 37.4 Å². The number of ether oxygens (including phenoxy) is 3. The molecule has 1 aromatic carbocycles. The van der Waals surface area contributed by atoms with Gasteiger partial charge in [-0.2, -0.15) is 0 Å².